The molecule has 0 unspecified atom stereocenters. The molecular formula is C18H18Cl3N3O2. The van der Waals surface area contributed by atoms with Crippen LogP contribution in [0.25, 0.3) is 0 Å². The minimum Gasteiger partial charge on any atom is -0.490 e. The Morgan fingerprint density at radius 1 is 1.15 bits per heavy atom. The van der Waals surface area contributed by atoms with Crippen LogP contribution in [-0.4, -0.2) is 18.9 Å². The van der Waals surface area contributed by atoms with Crippen LogP contribution in [0.3, 0.4) is 0 Å². The summed E-state index contributed by atoms with van der Waals surface area (Å²) in [6.45, 7) is 4.58. The van der Waals surface area contributed by atoms with Crippen LogP contribution in [0, 0.1) is 5.92 Å². The summed E-state index contributed by atoms with van der Waals surface area (Å²) in [7, 11) is 0. The summed E-state index contributed by atoms with van der Waals surface area (Å²) in [6, 6.07) is 9.54. The molecule has 0 saturated carbocycles. The number of ether oxygens (including phenoxy) is 1. The first-order chi connectivity index (χ1) is 12.3. The first-order valence-electron chi connectivity index (χ1n) is 7.82. The Morgan fingerprint density at radius 2 is 1.77 bits per heavy atom. The molecule has 0 heterocycles. The molecule has 138 valence electrons. The molecule has 2 aromatic carbocycles. The summed E-state index contributed by atoms with van der Waals surface area (Å²) in [5.41, 5.74) is 3.58. The van der Waals surface area contributed by atoms with E-state index in [9.17, 15) is 4.79 Å². The van der Waals surface area contributed by atoms with E-state index >= 15 is 0 Å². The number of hydrazone groups is 1. The van der Waals surface area contributed by atoms with Crippen LogP contribution in [0.4, 0.5) is 10.5 Å². The minimum absolute atomic E-state index is 0.353. The van der Waals surface area contributed by atoms with Crippen molar-refractivity contribution in [3.05, 3.63) is 57.0 Å². The predicted octanol–water partition coefficient (Wildman–Crippen LogP) is 5.84. The molecule has 8 heteroatoms. The van der Waals surface area contributed by atoms with Crippen LogP contribution in [-0.2, 0) is 0 Å². The lowest BCUT2D eigenvalue weighted by Crippen LogP contribution is -2.24. The lowest BCUT2D eigenvalue weighted by atomic mass is 10.2. The van der Waals surface area contributed by atoms with Crippen molar-refractivity contribution in [3.8, 4) is 5.75 Å². The van der Waals surface area contributed by atoms with E-state index in [1.807, 2.05) is 13.8 Å². The molecule has 2 rings (SSSR count). The molecule has 0 aliphatic carbocycles. The van der Waals surface area contributed by atoms with E-state index < -0.39 is 6.03 Å². The Balaban J connectivity index is 1.95. The van der Waals surface area contributed by atoms with E-state index in [1.165, 1.54) is 6.21 Å². The molecule has 0 bridgehead atoms. The number of halogens is 3. The number of hydrogen-bond donors (Lipinski definition) is 2. The van der Waals surface area contributed by atoms with Gasteiger partial charge in [-0.1, -0.05) is 48.7 Å². The Hall–Kier alpha value is -1.95. The number of carbonyl (C=O) groups is 1. The molecule has 0 aromatic heterocycles. The number of rotatable bonds is 6. The van der Waals surface area contributed by atoms with Crippen molar-refractivity contribution < 1.29 is 9.53 Å². The molecule has 0 aliphatic heterocycles. The zero-order valence-corrected chi connectivity index (χ0v) is 16.5. The summed E-state index contributed by atoms with van der Waals surface area (Å²) in [5.74, 6) is 0.791. The molecule has 0 saturated heterocycles. The Bertz CT molecular complexity index is 770. The van der Waals surface area contributed by atoms with E-state index in [0.29, 0.717) is 44.6 Å². The van der Waals surface area contributed by atoms with Gasteiger partial charge in [0.1, 0.15) is 0 Å². The van der Waals surface area contributed by atoms with Crippen LogP contribution < -0.4 is 15.5 Å². The van der Waals surface area contributed by atoms with E-state index in [1.54, 1.807) is 36.4 Å². The van der Waals surface area contributed by atoms with E-state index in [-0.39, 0.29) is 0 Å². The summed E-state index contributed by atoms with van der Waals surface area (Å²) < 4.78 is 5.60. The Labute approximate surface area is 167 Å². The third-order valence-corrected chi connectivity index (χ3v) is 3.88. The molecule has 5 nitrogen and oxygen atoms in total. The van der Waals surface area contributed by atoms with Crippen LogP contribution in [0.1, 0.15) is 19.4 Å². The minimum atomic E-state index is -0.488. The second kappa shape index (κ2) is 9.67. The van der Waals surface area contributed by atoms with Crippen molar-refractivity contribution >= 4 is 52.7 Å². The molecule has 2 amide bonds. The molecule has 26 heavy (non-hydrogen) atoms. The monoisotopic (exact) mass is 413 g/mol. The largest absolute Gasteiger partial charge is 0.490 e. The van der Waals surface area contributed by atoms with Gasteiger partial charge in [-0.05, 0) is 47.9 Å². The summed E-state index contributed by atoms with van der Waals surface area (Å²) in [5, 5.41) is 7.84. The molecule has 0 radical (unpaired) electrons. The first-order valence-corrected chi connectivity index (χ1v) is 8.96. The van der Waals surface area contributed by atoms with Crippen molar-refractivity contribution in [2.45, 2.75) is 13.8 Å². The summed E-state index contributed by atoms with van der Waals surface area (Å²) >= 11 is 18.2. The average molecular weight is 415 g/mol. The van der Waals surface area contributed by atoms with Gasteiger partial charge in [0, 0.05) is 10.7 Å². The molecule has 0 aliphatic rings. The van der Waals surface area contributed by atoms with Gasteiger partial charge in [-0.25, -0.2) is 10.2 Å². The quantitative estimate of drug-likeness (QED) is 0.461. The van der Waals surface area contributed by atoms with Crippen LogP contribution in [0.15, 0.2) is 41.5 Å². The lowest BCUT2D eigenvalue weighted by molar-refractivity contribution is 0.252. The number of hydrogen-bond acceptors (Lipinski definition) is 3. The SMILES string of the molecule is CC(C)COc1c(Cl)cc(/C=N\NC(=O)Nc2ccc(Cl)cc2)cc1Cl. The van der Waals surface area contributed by atoms with Crippen LogP contribution >= 0.6 is 34.8 Å². The fraction of sp³-hybridized carbons (Fsp3) is 0.222. The van der Waals surface area contributed by atoms with Crippen molar-refractivity contribution in [1.29, 1.82) is 0 Å². The lowest BCUT2D eigenvalue weighted by Gasteiger charge is -2.12. The number of amides is 2. The third-order valence-electron chi connectivity index (χ3n) is 3.06. The maximum Gasteiger partial charge on any atom is 0.339 e. The van der Waals surface area contributed by atoms with Gasteiger partial charge in [-0.3, -0.25) is 0 Å². The molecule has 0 fully saturated rings. The Kier molecular flexibility index (Phi) is 7.57. The zero-order chi connectivity index (χ0) is 19.1. The summed E-state index contributed by atoms with van der Waals surface area (Å²) in [6.07, 6.45) is 1.44. The number of urea groups is 1. The van der Waals surface area contributed by atoms with Gasteiger partial charge in [-0.15, -0.1) is 0 Å². The maximum absolute atomic E-state index is 11.8. The molecule has 2 N–H and O–H groups in total. The highest BCUT2D eigenvalue weighted by molar-refractivity contribution is 6.37. The van der Waals surface area contributed by atoms with Crippen LogP contribution in [0.5, 0.6) is 5.75 Å². The van der Waals surface area contributed by atoms with Crippen molar-refractivity contribution in [2.24, 2.45) is 11.0 Å². The topological polar surface area (TPSA) is 62.7 Å². The standard InChI is InChI=1S/C18H18Cl3N3O2/c1-11(2)10-26-17-15(20)7-12(8-16(17)21)9-22-24-18(25)23-14-5-3-13(19)4-6-14/h3-9,11H,10H2,1-2H3,(H2,23,24,25)/b22-9-. The first kappa shape index (κ1) is 20.4. The van der Waals surface area contributed by atoms with Gasteiger partial charge in [0.2, 0.25) is 0 Å². The number of nitrogens with one attached hydrogen (secondary N) is 2. The Morgan fingerprint density at radius 3 is 2.35 bits per heavy atom. The van der Waals surface area contributed by atoms with Gasteiger partial charge < -0.3 is 10.1 Å². The number of nitrogens with zero attached hydrogens (tertiary/aromatic N) is 1. The van der Waals surface area contributed by atoms with Gasteiger partial charge in [0.15, 0.2) is 5.75 Å². The third kappa shape index (κ3) is 6.41. The number of anilines is 1. The van der Waals surface area contributed by atoms with Gasteiger partial charge >= 0.3 is 6.03 Å². The fourth-order valence-corrected chi connectivity index (χ4v) is 2.64. The van der Waals surface area contributed by atoms with Crippen LogP contribution in [0.2, 0.25) is 15.1 Å². The van der Waals surface area contributed by atoms with E-state index in [2.05, 4.69) is 15.8 Å². The smallest absolute Gasteiger partial charge is 0.339 e. The molecule has 2 aromatic rings. The van der Waals surface area contributed by atoms with Crippen molar-refractivity contribution in [1.82, 2.24) is 5.43 Å². The summed E-state index contributed by atoms with van der Waals surface area (Å²) in [4.78, 5) is 11.8. The second-order valence-electron chi connectivity index (χ2n) is 5.85. The van der Waals surface area contributed by atoms with Gasteiger partial charge in [0.05, 0.1) is 22.9 Å². The molecule has 0 spiro atoms. The number of benzene rings is 2. The highest BCUT2D eigenvalue weighted by Gasteiger charge is 2.10. The average Bonchev–Trinajstić information content (AvgIpc) is 2.56. The van der Waals surface area contributed by atoms with Crippen molar-refractivity contribution in [2.75, 3.05) is 11.9 Å². The highest BCUT2D eigenvalue weighted by atomic mass is 35.5. The van der Waals surface area contributed by atoms with Crippen molar-refractivity contribution in [3.63, 3.8) is 0 Å². The fourth-order valence-electron chi connectivity index (χ4n) is 1.90. The van der Waals surface area contributed by atoms with E-state index in [0.717, 1.165) is 0 Å². The van der Waals surface area contributed by atoms with Gasteiger partial charge in [-0.2, -0.15) is 5.10 Å². The number of carbonyl (C=O) groups excluding carboxylic acids is 1. The van der Waals surface area contributed by atoms with Gasteiger partial charge in [0.25, 0.3) is 0 Å². The normalized spacial score (nSPS) is 11.0. The molecule has 0 atom stereocenters. The predicted molar refractivity (Wildman–Crippen MR) is 108 cm³/mol. The maximum atomic E-state index is 11.8. The second-order valence-corrected chi connectivity index (χ2v) is 7.10. The molecular weight excluding hydrogens is 397 g/mol. The van der Waals surface area contributed by atoms with E-state index in [4.69, 9.17) is 39.5 Å². The zero-order valence-electron chi connectivity index (χ0n) is 14.2. The highest BCUT2D eigenvalue weighted by Crippen LogP contribution is 2.34.